The molecule has 1 unspecified atom stereocenters. The highest BCUT2D eigenvalue weighted by Crippen LogP contribution is 2.03. The van der Waals surface area contributed by atoms with Gasteiger partial charge in [-0.15, -0.1) is 0 Å². The number of carbonyl (C=O) groups is 2. The Bertz CT molecular complexity index is 221. The highest BCUT2D eigenvalue weighted by Gasteiger charge is 2.14. The van der Waals surface area contributed by atoms with Gasteiger partial charge < -0.3 is 14.9 Å². The summed E-state index contributed by atoms with van der Waals surface area (Å²) < 4.78 is 4.61. The Hall–Kier alpha value is -1.36. The van der Waals surface area contributed by atoms with Crippen LogP contribution in [0.3, 0.4) is 0 Å². The van der Waals surface area contributed by atoms with Gasteiger partial charge in [-0.05, 0) is 6.92 Å². The number of carbonyl (C=O) groups excluding carboxylic acids is 1. The Balaban J connectivity index is 3.97. The zero-order valence-corrected chi connectivity index (χ0v) is 7.32. The first-order chi connectivity index (χ1) is 5.97. The molecule has 0 aliphatic heterocycles. The number of aliphatic hydroxyl groups excluding tert-OH is 1. The van der Waals surface area contributed by atoms with Gasteiger partial charge in [-0.25, -0.2) is 4.79 Å². The van der Waals surface area contributed by atoms with Crippen LogP contribution in [0.15, 0.2) is 12.2 Å². The molecule has 0 saturated heterocycles. The molecular weight excluding hydrogens is 176 g/mol. The van der Waals surface area contributed by atoms with E-state index in [1.165, 1.54) is 6.92 Å². The summed E-state index contributed by atoms with van der Waals surface area (Å²) in [7, 11) is 0. The van der Waals surface area contributed by atoms with Crippen molar-refractivity contribution >= 4 is 11.9 Å². The zero-order valence-electron chi connectivity index (χ0n) is 7.32. The van der Waals surface area contributed by atoms with Crippen LogP contribution in [-0.4, -0.2) is 34.9 Å². The van der Waals surface area contributed by atoms with E-state index in [0.717, 1.165) is 0 Å². The number of carboxylic acids is 1. The maximum absolute atomic E-state index is 11.0. The normalized spacial score (nSPS) is 11.8. The van der Waals surface area contributed by atoms with Crippen LogP contribution in [0, 0.1) is 0 Å². The first kappa shape index (κ1) is 11.6. The molecule has 0 bridgehead atoms. The molecule has 2 N–H and O–H groups in total. The first-order valence-electron chi connectivity index (χ1n) is 3.68. The molecule has 0 fully saturated rings. The number of aliphatic carboxylic acids is 1. The molecule has 13 heavy (non-hydrogen) atoms. The Morgan fingerprint density at radius 3 is 2.46 bits per heavy atom. The molecule has 0 aromatic rings. The lowest BCUT2D eigenvalue weighted by Gasteiger charge is -2.10. The molecule has 5 heteroatoms. The molecule has 0 saturated carbocycles. The van der Waals surface area contributed by atoms with Crippen LogP contribution in [0.1, 0.15) is 13.3 Å². The van der Waals surface area contributed by atoms with Crippen molar-refractivity contribution in [2.45, 2.75) is 19.4 Å². The van der Waals surface area contributed by atoms with Crippen LogP contribution in [0.5, 0.6) is 0 Å². The fraction of sp³-hybridized carbons (Fsp3) is 0.500. The van der Waals surface area contributed by atoms with Crippen LogP contribution in [-0.2, 0) is 14.3 Å². The van der Waals surface area contributed by atoms with Crippen molar-refractivity contribution in [2.75, 3.05) is 6.61 Å². The monoisotopic (exact) mass is 188 g/mol. The fourth-order valence-corrected chi connectivity index (χ4v) is 0.558. The molecule has 0 spiro atoms. The van der Waals surface area contributed by atoms with Crippen molar-refractivity contribution in [1.29, 1.82) is 0 Å². The van der Waals surface area contributed by atoms with Crippen molar-refractivity contribution in [1.82, 2.24) is 0 Å². The van der Waals surface area contributed by atoms with Crippen molar-refractivity contribution < 1.29 is 24.5 Å². The molecule has 5 nitrogen and oxygen atoms in total. The van der Waals surface area contributed by atoms with Gasteiger partial charge in [-0.2, -0.15) is 0 Å². The van der Waals surface area contributed by atoms with Crippen molar-refractivity contribution in [3.63, 3.8) is 0 Å². The molecule has 0 heterocycles. The SMILES string of the molecule is C=C(CC(=O)O)C(=O)OC(C)CO. The summed E-state index contributed by atoms with van der Waals surface area (Å²) in [5.74, 6) is -1.93. The van der Waals surface area contributed by atoms with E-state index in [4.69, 9.17) is 10.2 Å². The molecule has 0 amide bonds. The number of hydrogen-bond donors (Lipinski definition) is 2. The molecular formula is C8H12O5. The van der Waals surface area contributed by atoms with Gasteiger partial charge in [0, 0.05) is 5.57 Å². The lowest BCUT2D eigenvalue weighted by Crippen LogP contribution is -2.20. The predicted octanol–water partition coefficient (Wildman–Crippen LogP) is -0.0587. The average Bonchev–Trinajstić information content (AvgIpc) is 2.02. The van der Waals surface area contributed by atoms with E-state index in [9.17, 15) is 9.59 Å². The molecule has 0 aliphatic carbocycles. The molecule has 0 rings (SSSR count). The molecule has 0 aromatic heterocycles. The van der Waals surface area contributed by atoms with Crippen LogP contribution in [0.4, 0.5) is 0 Å². The third-order valence-electron chi connectivity index (χ3n) is 1.22. The van der Waals surface area contributed by atoms with Crippen molar-refractivity contribution in [3.8, 4) is 0 Å². The van der Waals surface area contributed by atoms with Crippen molar-refractivity contribution in [3.05, 3.63) is 12.2 Å². The van der Waals surface area contributed by atoms with E-state index >= 15 is 0 Å². The summed E-state index contributed by atoms with van der Waals surface area (Å²) in [5.41, 5.74) is -0.132. The maximum Gasteiger partial charge on any atom is 0.334 e. The van der Waals surface area contributed by atoms with Gasteiger partial charge in [0.2, 0.25) is 0 Å². The van der Waals surface area contributed by atoms with Crippen LogP contribution < -0.4 is 0 Å². The van der Waals surface area contributed by atoms with Gasteiger partial charge in [0.25, 0.3) is 0 Å². The topological polar surface area (TPSA) is 83.8 Å². The van der Waals surface area contributed by atoms with Crippen LogP contribution >= 0.6 is 0 Å². The lowest BCUT2D eigenvalue weighted by atomic mass is 10.2. The highest BCUT2D eigenvalue weighted by molar-refractivity contribution is 5.92. The predicted molar refractivity (Wildman–Crippen MR) is 44.0 cm³/mol. The second-order valence-electron chi connectivity index (χ2n) is 2.57. The Morgan fingerprint density at radius 2 is 2.08 bits per heavy atom. The van der Waals surface area contributed by atoms with Crippen LogP contribution in [0.2, 0.25) is 0 Å². The summed E-state index contributed by atoms with van der Waals surface area (Å²) in [6, 6.07) is 0. The molecule has 0 radical (unpaired) electrons. The average molecular weight is 188 g/mol. The number of carboxylic acid groups (broad SMARTS) is 1. The molecule has 1 atom stereocenters. The van der Waals surface area contributed by atoms with Gasteiger partial charge in [-0.3, -0.25) is 4.79 Å². The van der Waals surface area contributed by atoms with E-state index in [-0.39, 0.29) is 12.2 Å². The summed E-state index contributed by atoms with van der Waals surface area (Å²) >= 11 is 0. The minimum atomic E-state index is -1.14. The fourth-order valence-electron chi connectivity index (χ4n) is 0.558. The van der Waals surface area contributed by atoms with Gasteiger partial charge in [-0.1, -0.05) is 6.58 Å². The van der Waals surface area contributed by atoms with Crippen molar-refractivity contribution in [2.24, 2.45) is 0 Å². The van der Waals surface area contributed by atoms with Gasteiger partial charge in [0.1, 0.15) is 6.10 Å². The second-order valence-corrected chi connectivity index (χ2v) is 2.57. The van der Waals surface area contributed by atoms with E-state index in [0.29, 0.717) is 0 Å². The molecule has 74 valence electrons. The Morgan fingerprint density at radius 1 is 1.54 bits per heavy atom. The zero-order chi connectivity index (χ0) is 10.4. The smallest absolute Gasteiger partial charge is 0.334 e. The first-order valence-corrected chi connectivity index (χ1v) is 3.68. The Kier molecular flexibility index (Phi) is 4.76. The third-order valence-corrected chi connectivity index (χ3v) is 1.22. The third kappa shape index (κ3) is 4.97. The lowest BCUT2D eigenvalue weighted by molar-refractivity contribution is -0.147. The maximum atomic E-state index is 11.0. The van der Waals surface area contributed by atoms with Crippen LogP contribution in [0.25, 0.3) is 0 Å². The van der Waals surface area contributed by atoms with E-state index in [1.807, 2.05) is 0 Å². The quantitative estimate of drug-likeness (QED) is 0.466. The summed E-state index contributed by atoms with van der Waals surface area (Å²) in [4.78, 5) is 21.1. The summed E-state index contributed by atoms with van der Waals surface area (Å²) in [5, 5.41) is 16.8. The van der Waals surface area contributed by atoms with E-state index < -0.39 is 24.5 Å². The Labute approximate surface area is 75.6 Å². The number of esters is 1. The summed E-state index contributed by atoms with van der Waals surface area (Å²) in [6.45, 7) is 4.44. The number of hydrogen-bond acceptors (Lipinski definition) is 4. The largest absolute Gasteiger partial charge is 0.481 e. The van der Waals surface area contributed by atoms with Gasteiger partial charge in [0.15, 0.2) is 0 Å². The highest BCUT2D eigenvalue weighted by atomic mass is 16.5. The number of ether oxygens (including phenoxy) is 1. The summed E-state index contributed by atoms with van der Waals surface area (Å²) in [6.07, 6.45) is -1.09. The number of aliphatic hydroxyl groups is 1. The number of rotatable bonds is 5. The molecule has 0 aliphatic rings. The minimum absolute atomic E-state index is 0.132. The molecule has 0 aromatic carbocycles. The standard InChI is InChI=1S/C8H12O5/c1-5(3-7(10)11)8(12)13-6(2)4-9/h6,9H,1,3-4H2,2H3,(H,10,11). The second kappa shape index (κ2) is 5.31. The van der Waals surface area contributed by atoms with Gasteiger partial charge >= 0.3 is 11.9 Å². The van der Waals surface area contributed by atoms with E-state index in [2.05, 4.69) is 11.3 Å². The van der Waals surface area contributed by atoms with Gasteiger partial charge in [0.05, 0.1) is 13.0 Å². The minimum Gasteiger partial charge on any atom is -0.481 e. The van der Waals surface area contributed by atoms with E-state index in [1.54, 1.807) is 0 Å².